The van der Waals surface area contributed by atoms with E-state index in [1.807, 2.05) is 0 Å². The summed E-state index contributed by atoms with van der Waals surface area (Å²) in [5, 5.41) is 3.23. The van der Waals surface area contributed by atoms with Gasteiger partial charge in [-0.3, -0.25) is 0 Å². The summed E-state index contributed by atoms with van der Waals surface area (Å²) >= 11 is 0. The highest BCUT2D eigenvalue weighted by Gasteiger charge is 2.16. The van der Waals surface area contributed by atoms with Crippen LogP contribution in [0.25, 0.3) is 0 Å². The van der Waals surface area contributed by atoms with E-state index >= 15 is 0 Å². The van der Waals surface area contributed by atoms with E-state index in [9.17, 15) is 4.79 Å². The Balaban J connectivity index is 2.34. The fourth-order valence-corrected chi connectivity index (χ4v) is 1.27. The highest BCUT2D eigenvalue weighted by Crippen LogP contribution is 2.16. The summed E-state index contributed by atoms with van der Waals surface area (Å²) in [7, 11) is 0. The predicted molar refractivity (Wildman–Crippen MR) is 43.1 cm³/mol. The first-order valence-electron chi connectivity index (χ1n) is 3.76. The summed E-state index contributed by atoms with van der Waals surface area (Å²) in [5.74, 6) is 0.507. The average molecular weight is 152 g/mol. The second kappa shape index (κ2) is 4.06. The number of hydrogen-bond donors (Lipinski definition) is 1. The van der Waals surface area contributed by atoms with E-state index in [2.05, 4.69) is 16.9 Å². The van der Waals surface area contributed by atoms with Crippen molar-refractivity contribution in [2.45, 2.75) is 6.42 Å². The number of carbonyl (C=O) groups excluding carboxylic acids is 1. The molecule has 0 spiro atoms. The van der Waals surface area contributed by atoms with Crippen LogP contribution in [0.4, 0.5) is 0 Å². The van der Waals surface area contributed by atoms with Gasteiger partial charge in [-0.15, -0.1) is 0 Å². The van der Waals surface area contributed by atoms with Crippen LogP contribution < -0.4 is 5.32 Å². The van der Waals surface area contributed by atoms with Crippen molar-refractivity contribution in [3.63, 3.8) is 0 Å². The van der Waals surface area contributed by atoms with Gasteiger partial charge in [0.25, 0.3) is 0 Å². The molecule has 1 heterocycles. The van der Waals surface area contributed by atoms with Crippen LogP contribution in [-0.2, 0) is 4.79 Å². The highest BCUT2D eigenvalue weighted by molar-refractivity contribution is 5.34. The van der Waals surface area contributed by atoms with Gasteiger partial charge in [-0.2, -0.15) is 0 Å². The monoisotopic (exact) mass is 152 g/mol. The molecule has 1 aliphatic heterocycles. The minimum Gasteiger partial charge on any atom is -0.316 e. The van der Waals surface area contributed by atoms with Gasteiger partial charge < -0.3 is 5.32 Å². The van der Waals surface area contributed by atoms with E-state index in [-0.39, 0.29) is 0 Å². The van der Waals surface area contributed by atoms with Gasteiger partial charge in [-0.05, 0) is 18.9 Å². The maximum Gasteiger partial charge on any atom is 0.235 e. The van der Waals surface area contributed by atoms with E-state index in [1.165, 1.54) is 6.08 Å². The van der Waals surface area contributed by atoms with Crippen LogP contribution in [-0.4, -0.2) is 25.7 Å². The van der Waals surface area contributed by atoms with E-state index in [0.717, 1.165) is 25.1 Å². The Bertz CT molecular complexity index is 188. The van der Waals surface area contributed by atoms with Crippen LogP contribution in [0.1, 0.15) is 6.42 Å². The molecule has 0 aromatic carbocycles. The third-order valence-corrected chi connectivity index (χ3v) is 1.98. The second-order valence-electron chi connectivity index (χ2n) is 2.76. The van der Waals surface area contributed by atoms with E-state index < -0.39 is 0 Å². The van der Waals surface area contributed by atoms with Crippen molar-refractivity contribution in [3.05, 3.63) is 12.2 Å². The second-order valence-corrected chi connectivity index (χ2v) is 2.76. The van der Waals surface area contributed by atoms with Crippen molar-refractivity contribution < 1.29 is 4.79 Å². The molecular formula is C8H12N2O. The van der Waals surface area contributed by atoms with Gasteiger partial charge in [0.15, 0.2) is 0 Å². The first kappa shape index (κ1) is 8.18. The molecule has 1 aliphatic rings. The third-order valence-electron chi connectivity index (χ3n) is 1.98. The molecule has 0 saturated carbocycles. The summed E-state index contributed by atoms with van der Waals surface area (Å²) in [6, 6.07) is 0. The molecular weight excluding hydrogens is 140 g/mol. The third kappa shape index (κ3) is 2.30. The van der Waals surface area contributed by atoms with Gasteiger partial charge in [-0.1, -0.05) is 12.2 Å². The summed E-state index contributed by atoms with van der Waals surface area (Å²) < 4.78 is 0. The normalized spacial score (nSPS) is 22.7. The van der Waals surface area contributed by atoms with Crippen LogP contribution in [0.2, 0.25) is 0 Å². The van der Waals surface area contributed by atoms with Gasteiger partial charge in [0.1, 0.15) is 0 Å². The Morgan fingerprint density at radius 1 is 1.82 bits per heavy atom. The van der Waals surface area contributed by atoms with Gasteiger partial charge in [0.2, 0.25) is 6.08 Å². The molecule has 0 radical (unpaired) electrons. The van der Waals surface area contributed by atoms with E-state index in [1.54, 1.807) is 0 Å². The van der Waals surface area contributed by atoms with Crippen LogP contribution in [0.5, 0.6) is 0 Å². The molecule has 60 valence electrons. The minimum absolute atomic E-state index is 0.440. The summed E-state index contributed by atoms with van der Waals surface area (Å²) in [5.41, 5.74) is 1.04. The lowest BCUT2D eigenvalue weighted by atomic mass is 10.0. The molecule has 1 rings (SSSR count). The first-order chi connectivity index (χ1) is 5.34. The topological polar surface area (TPSA) is 41.5 Å². The molecule has 1 atom stereocenters. The summed E-state index contributed by atoms with van der Waals surface area (Å²) in [6.45, 7) is 6.33. The molecule has 0 bridgehead atoms. The number of nitrogens with one attached hydrogen (secondary N) is 1. The highest BCUT2D eigenvalue weighted by atomic mass is 16.1. The summed E-state index contributed by atoms with van der Waals surface area (Å²) in [4.78, 5) is 13.3. The smallest absolute Gasteiger partial charge is 0.235 e. The minimum atomic E-state index is 0.440. The molecule has 1 N–H and O–H groups in total. The van der Waals surface area contributed by atoms with Gasteiger partial charge >= 0.3 is 0 Å². The molecule has 1 saturated heterocycles. The molecule has 3 nitrogen and oxygen atoms in total. The predicted octanol–water partition coefficient (Wildman–Crippen LogP) is 0.488. The summed E-state index contributed by atoms with van der Waals surface area (Å²) in [6.07, 6.45) is 2.63. The van der Waals surface area contributed by atoms with E-state index in [0.29, 0.717) is 12.5 Å². The van der Waals surface area contributed by atoms with Gasteiger partial charge in [0, 0.05) is 6.54 Å². The fraction of sp³-hybridized carbons (Fsp3) is 0.625. The molecule has 0 amide bonds. The fourth-order valence-electron chi connectivity index (χ4n) is 1.27. The van der Waals surface area contributed by atoms with Crippen molar-refractivity contribution in [1.29, 1.82) is 0 Å². The Kier molecular flexibility index (Phi) is 3.02. The van der Waals surface area contributed by atoms with Gasteiger partial charge in [0.05, 0.1) is 6.54 Å². The molecule has 0 aliphatic carbocycles. The molecule has 0 aromatic heterocycles. The van der Waals surface area contributed by atoms with E-state index in [4.69, 9.17) is 0 Å². The van der Waals surface area contributed by atoms with Crippen LogP contribution >= 0.6 is 0 Å². The van der Waals surface area contributed by atoms with Crippen molar-refractivity contribution in [1.82, 2.24) is 5.32 Å². The molecule has 0 aromatic rings. The standard InChI is InChI=1S/C8H12N2O/c1-7(4-10-6-11)8-2-3-9-5-8/h8-9H,1-5H2. The maximum absolute atomic E-state index is 9.78. The molecule has 1 fully saturated rings. The van der Waals surface area contributed by atoms with Crippen molar-refractivity contribution in [3.8, 4) is 0 Å². The van der Waals surface area contributed by atoms with Crippen molar-refractivity contribution in [2.75, 3.05) is 19.6 Å². The zero-order chi connectivity index (χ0) is 8.10. The zero-order valence-corrected chi connectivity index (χ0v) is 6.47. The first-order valence-corrected chi connectivity index (χ1v) is 3.76. The quantitative estimate of drug-likeness (QED) is 0.363. The Morgan fingerprint density at radius 3 is 3.18 bits per heavy atom. The SMILES string of the molecule is C=C(CN=C=O)C1CCNC1. The molecule has 1 unspecified atom stereocenters. The Labute approximate surface area is 66.2 Å². The lowest BCUT2D eigenvalue weighted by Gasteiger charge is -2.07. The number of isocyanates is 1. The number of hydrogen-bond acceptors (Lipinski definition) is 3. The van der Waals surface area contributed by atoms with Crippen molar-refractivity contribution >= 4 is 6.08 Å². The number of rotatable bonds is 3. The zero-order valence-electron chi connectivity index (χ0n) is 6.47. The van der Waals surface area contributed by atoms with Crippen LogP contribution in [0.15, 0.2) is 17.1 Å². The van der Waals surface area contributed by atoms with Crippen LogP contribution in [0, 0.1) is 5.92 Å². The largest absolute Gasteiger partial charge is 0.316 e. The Morgan fingerprint density at radius 2 is 2.64 bits per heavy atom. The lowest BCUT2D eigenvalue weighted by molar-refractivity contribution is 0.562. The number of aliphatic imine (C=N–C) groups is 1. The number of nitrogens with zero attached hydrogens (tertiary/aromatic N) is 1. The Hall–Kier alpha value is -0.920. The van der Waals surface area contributed by atoms with Gasteiger partial charge in [-0.25, -0.2) is 9.79 Å². The maximum atomic E-state index is 9.78. The molecule has 11 heavy (non-hydrogen) atoms. The molecule has 3 heteroatoms. The van der Waals surface area contributed by atoms with Crippen molar-refractivity contribution in [2.24, 2.45) is 10.9 Å². The average Bonchev–Trinajstić information content (AvgIpc) is 2.52. The van der Waals surface area contributed by atoms with Crippen LogP contribution in [0.3, 0.4) is 0 Å². The lowest BCUT2D eigenvalue weighted by Crippen LogP contribution is -2.11.